The highest BCUT2D eigenvalue weighted by Gasteiger charge is 2.27. The van der Waals surface area contributed by atoms with E-state index in [0.717, 1.165) is 5.75 Å². The molecular formula is C11H15NO3S2. The van der Waals surface area contributed by atoms with E-state index in [4.69, 9.17) is 4.74 Å². The average Bonchev–Trinajstić information content (AvgIpc) is 2.84. The lowest BCUT2D eigenvalue weighted by Gasteiger charge is -2.14. The maximum Gasteiger partial charge on any atom is 0.243 e. The number of nitrogens with zero attached hydrogens (tertiary/aromatic N) is 1. The van der Waals surface area contributed by atoms with Gasteiger partial charge in [-0.05, 0) is 31.2 Å². The topological polar surface area (TPSA) is 46.6 Å². The van der Waals surface area contributed by atoms with Crippen molar-refractivity contribution in [1.29, 1.82) is 0 Å². The van der Waals surface area contributed by atoms with Crippen LogP contribution in [0, 0.1) is 0 Å². The predicted octanol–water partition coefficient (Wildman–Crippen LogP) is 1.78. The summed E-state index contributed by atoms with van der Waals surface area (Å²) in [4.78, 5) is 0.337. The Morgan fingerprint density at radius 1 is 1.35 bits per heavy atom. The molecule has 2 rings (SSSR count). The molecule has 0 atom stereocenters. The Hall–Kier alpha value is -0.720. The van der Waals surface area contributed by atoms with Gasteiger partial charge in [-0.3, -0.25) is 0 Å². The quantitative estimate of drug-likeness (QED) is 0.839. The minimum Gasteiger partial charge on any atom is -0.494 e. The number of hydrogen-bond acceptors (Lipinski definition) is 4. The molecule has 0 bridgehead atoms. The molecule has 0 amide bonds. The molecule has 0 N–H and O–H groups in total. The minimum absolute atomic E-state index is 0.337. The molecule has 1 aliphatic rings. The van der Waals surface area contributed by atoms with Gasteiger partial charge in [0, 0.05) is 12.3 Å². The van der Waals surface area contributed by atoms with Crippen LogP contribution in [0.3, 0.4) is 0 Å². The summed E-state index contributed by atoms with van der Waals surface area (Å²) in [5.74, 6) is 2.12. The van der Waals surface area contributed by atoms with E-state index in [1.54, 1.807) is 36.0 Å². The van der Waals surface area contributed by atoms with Gasteiger partial charge in [-0.15, -0.1) is 11.8 Å². The van der Waals surface area contributed by atoms with E-state index in [2.05, 4.69) is 0 Å². The molecule has 0 saturated carbocycles. The molecule has 1 aromatic rings. The van der Waals surface area contributed by atoms with Crippen molar-refractivity contribution in [3.05, 3.63) is 24.3 Å². The molecule has 0 spiro atoms. The number of rotatable bonds is 4. The van der Waals surface area contributed by atoms with Gasteiger partial charge in [-0.25, -0.2) is 8.42 Å². The molecule has 1 aromatic carbocycles. The van der Waals surface area contributed by atoms with E-state index in [-0.39, 0.29) is 0 Å². The highest BCUT2D eigenvalue weighted by molar-refractivity contribution is 8.00. The summed E-state index contributed by atoms with van der Waals surface area (Å²) in [5.41, 5.74) is 0. The SMILES string of the molecule is CCOc1ccc(S(=O)(=O)N2CCSC2)cc1. The lowest BCUT2D eigenvalue weighted by atomic mass is 10.3. The van der Waals surface area contributed by atoms with Gasteiger partial charge in [0.1, 0.15) is 5.75 Å². The van der Waals surface area contributed by atoms with Crippen molar-refractivity contribution in [2.75, 3.05) is 24.8 Å². The van der Waals surface area contributed by atoms with Crippen LogP contribution in [0.15, 0.2) is 29.2 Å². The molecule has 1 saturated heterocycles. The molecule has 4 nitrogen and oxygen atoms in total. The van der Waals surface area contributed by atoms with Crippen LogP contribution in [-0.4, -0.2) is 37.5 Å². The van der Waals surface area contributed by atoms with Gasteiger partial charge in [-0.1, -0.05) is 0 Å². The zero-order valence-corrected chi connectivity index (χ0v) is 11.3. The van der Waals surface area contributed by atoms with Gasteiger partial charge in [0.25, 0.3) is 0 Å². The van der Waals surface area contributed by atoms with Gasteiger partial charge in [0.2, 0.25) is 10.0 Å². The van der Waals surface area contributed by atoms with Crippen LogP contribution in [-0.2, 0) is 10.0 Å². The van der Waals surface area contributed by atoms with Crippen molar-refractivity contribution >= 4 is 21.8 Å². The average molecular weight is 273 g/mol. The second kappa shape index (κ2) is 5.29. The van der Waals surface area contributed by atoms with Crippen LogP contribution in [0.25, 0.3) is 0 Å². The highest BCUT2D eigenvalue weighted by atomic mass is 32.2. The summed E-state index contributed by atoms with van der Waals surface area (Å²) in [5, 5.41) is 0. The fourth-order valence-electron chi connectivity index (χ4n) is 1.61. The van der Waals surface area contributed by atoms with Crippen LogP contribution in [0.4, 0.5) is 0 Å². The summed E-state index contributed by atoms with van der Waals surface area (Å²) >= 11 is 1.64. The Balaban J connectivity index is 2.21. The first-order valence-electron chi connectivity index (χ1n) is 5.45. The lowest BCUT2D eigenvalue weighted by Crippen LogP contribution is -2.27. The monoisotopic (exact) mass is 273 g/mol. The summed E-state index contributed by atoms with van der Waals surface area (Å²) < 4.78 is 31.1. The number of ether oxygens (including phenoxy) is 1. The predicted molar refractivity (Wildman–Crippen MR) is 68.8 cm³/mol. The second-order valence-electron chi connectivity index (χ2n) is 3.62. The Labute approximate surface area is 106 Å². The molecule has 6 heteroatoms. The first-order chi connectivity index (χ1) is 8.14. The molecule has 1 heterocycles. The van der Waals surface area contributed by atoms with Crippen molar-refractivity contribution in [2.24, 2.45) is 0 Å². The molecular weight excluding hydrogens is 258 g/mol. The summed E-state index contributed by atoms with van der Waals surface area (Å²) in [7, 11) is -3.31. The van der Waals surface area contributed by atoms with Crippen molar-refractivity contribution in [3.63, 3.8) is 0 Å². The summed E-state index contributed by atoms with van der Waals surface area (Å²) in [6.45, 7) is 3.07. The number of sulfonamides is 1. The standard InChI is InChI=1S/C11H15NO3S2/c1-2-15-10-3-5-11(6-4-10)17(13,14)12-7-8-16-9-12/h3-6H,2,7-9H2,1H3. The van der Waals surface area contributed by atoms with Crippen LogP contribution in [0.5, 0.6) is 5.75 Å². The lowest BCUT2D eigenvalue weighted by molar-refractivity contribution is 0.340. The van der Waals surface area contributed by atoms with E-state index in [1.165, 1.54) is 4.31 Å². The highest BCUT2D eigenvalue weighted by Crippen LogP contribution is 2.24. The van der Waals surface area contributed by atoms with Gasteiger partial charge in [0.05, 0.1) is 17.4 Å². The van der Waals surface area contributed by atoms with E-state index in [0.29, 0.717) is 29.7 Å². The third-order valence-electron chi connectivity index (χ3n) is 2.49. The molecule has 0 radical (unpaired) electrons. The van der Waals surface area contributed by atoms with E-state index >= 15 is 0 Å². The van der Waals surface area contributed by atoms with Crippen LogP contribution in [0.1, 0.15) is 6.92 Å². The van der Waals surface area contributed by atoms with Crippen LogP contribution >= 0.6 is 11.8 Å². The number of benzene rings is 1. The fraction of sp³-hybridized carbons (Fsp3) is 0.455. The summed E-state index contributed by atoms with van der Waals surface area (Å²) in [6, 6.07) is 6.59. The molecule has 0 aromatic heterocycles. The zero-order chi connectivity index (χ0) is 12.3. The summed E-state index contributed by atoms with van der Waals surface area (Å²) in [6.07, 6.45) is 0. The smallest absolute Gasteiger partial charge is 0.243 e. The maximum absolute atomic E-state index is 12.2. The Morgan fingerprint density at radius 3 is 2.59 bits per heavy atom. The Bertz CT molecular complexity index is 464. The van der Waals surface area contributed by atoms with Crippen molar-refractivity contribution in [3.8, 4) is 5.75 Å². The van der Waals surface area contributed by atoms with E-state index < -0.39 is 10.0 Å². The van der Waals surface area contributed by atoms with Crippen molar-refractivity contribution in [2.45, 2.75) is 11.8 Å². The van der Waals surface area contributed by atoms with Crippen molar-refractivity contribution in [1.82, 2.24) is 4.31 Å². The minimum atomic E-state index is -3.31. The molecule has 0 aliphatic carbocycles. The number of thioether (sulfide) groups is 1. The first kappa shape index (κ1) is 12.7. The van der Waals surface area contributed by atoms with Crippen molar-refractivity contribution < 1.29 is 13.2 Å². The Kier molecular flexibility index (Phi) is 3.96. The zero-order valence-electron chi connectivity index (χ0n) is 9.63. The molecule has 1 aliphatic heterocycles. The van der Waals surface area contributed by atoms with Gasteiger partial charge in [-0.2, -0.15) is 4.31 Å². The normalized spacial score (nSPS) is 17.2. The third-order valence-corrected chi connectivity index (χ3v) is 5.48. The largest absolute Gasteiger partial charge is 0.494 e. The molecule has 94 valence electrons. The fourth-order valence-corrected chi connectivity index (χ4v) is 4.43. The number of hydrogen-bond donors (Lipinski definition) is 0. The van der Waals surface area contributed by atoms with E-state index in [1.807, 2.05) is 6.92 Å². The molecule has 17 heavy (non-hydrogen) atoms. The molecule has 1 fully saturated rings. The second-order valence-corrected chi connectivity index (χ2v) is 6.63. The Morgan fingerprint density at radius 2 is 2.06 bits per heavy atom. The van der Waals surface area contributed by atoms with Gasteiger partial charge in [0.15, 0.2) is 0 Å². The van der Waals surface area contributed by atoms with Gasteiger partial charge < -0.3 is 4.74 Å². The molecule has 0 unspecified atom stereocenters. The third kappa shape index (κ3) is 2.75. The van der Waals surface area contributed by atoms with Crippen LogP contribution in [0.2, 0.25) is 0 Å². The van der Waals surface area contributed by atoms with E-state index in [9.17, 15) is 8.42 Å². The van der Waals surface area contributed by atoms with Gasteiger partial charge >= 0.3 is 0 Å². The maximum atomic E-state index is 12.2. The van der Waals surface area contributed by atoms with Crippen LogP contribution < -0.4 is 4.74 Å². The first-order valence-corrected chi connectivity index (χ1v) is 8.05.